The molecule has 1 unspecified atom stereocenters. The zero-order chi connectivity index (χ0) is 19.4. The Balaban J connectivity index is 1.70. The largest absolute Gasteiger partial charge is 0.471 e. The molecule has 2 aromatic rings. The van der Waals surface area contributed by atoms with Gasteiger partial charge in [0, 0.05) is 12.2 Å². The maximum Gasteiger partial charge on any atom is 0.471 e. The number of ether oxygens (including phenoxy) is 1. The van der Waals surface area contributed by atoms with Crippen LogP contribution in [-0.2, 0) is 27.1 Å². The summed E-state index contributed by atoms with van der Waals surface area (Å²) in [5, 5.41) is 4.64. The van der Waals surface area contributed by atoms with Gasteiger partial charge in [-0.1, -0.05) is 29.4 Å². The number of hydroxylamine groups is 2. The van der Waals surface area contributed by atoms with Gasteiger partial charge in [-0.3, -0.25) is 9.63 Å². The number of halogens is 3. The molecular weight excluding hydrogens is 367 g/mol. The topological polar surface area (TPSA) is 77.7 Å². The summed E-state index contributed by atoms with van der Waals surface area (Å²) in [7, 11) is 0. The van der Waals surface area contributed by atoms with Gasteiger partial charge in [0.15, 0.2) is 0 Å². The summed E-state index contributed by atoms with van der Waals surface area (Å²) in [5.74, 6) is -1.93. The van der Waals surface area contributed by atoms with Gasteiger partial charge in [0.2, 0.25) is 5.82 Å². The van der Waals surface area contributed by atoms with Crippen LogP contribution in [0.3, 0.4) is 0 Å². The standard InChI is InChI=1S/C17H18F3N3O4/c1-2-26-23(15(24)13-7-8-25-10-13)9-11-3-5-12(6-4-11)14-21-16(27-22-14)17(18,19)20/h3-6,13H,2,7-10H2,1H3. The Kier molecular flexibility index (Phi) is 5.76. The molecule has 1 aliphatic heterocycles. The predicted molar refractivity (Wildman–Crippen MR) is 85.8 cm³/mol. The fraction of sp³-hybridized carbons (Fsp3) is 0.471. The highest BCUT2D eigenvalue weighted by atomic mass is 19.4. The minimum absolute atomic E-state index is 0.147. The van der Waals surface area contributed by atoms with Crippen LogP contribution in [0.25, 0.3) is 11.4 Å². The number of hydrogen-bond acceptors (Lipinski definition) is 6. The van der Waals surface area contributed by atoms with Crippen LogP contribution in [0.15, 0.2) is 28.8 Å². The van der Waals surface area contributed by atoms with Crippen molar-refractivity contribution in [2.45, 2.75) is 26.1 Å². The van der Waals surface area contributed by atoms with Gasteiger partial charge in [0.25, 0.3) is 5.91 Å². The molecule has 0 N–H and O–H groups in total. The van der Waals surface area contributed by atoms with Crippen molar-refractivity contribution in [1.82, 2.24) is 15.2 Å². The molecule has 1 fully saturated rings. The van der Waals surface area contributed by atoms with Gasteiger partial charge in [-0.2, -0.15) is 18.2 Å². The van der Waals surface area contributed by atoms with Crippen molar-refractivity contribution in [3.05, 3.63) is 35.7 Å². The average Bonchev–Trinajstić information content (AvgIpc) is 3.33. The first-order chi connectivity index (χ1) is 12.9. The summed E-state index contributed by atoms with van der Waals surface area (Å²) in [6.07, 6.45) is -4.03. The number of rotatable bonds is 6. The number of carbonyl (C=O) groups excluding carboxylic acids is 1. The molecule has 0 saturated carbocycles. The second-order valence-corrected chi connectivity index (χ2v) is 5.97. The van der Waals surface area contributed by atoms with Gasteiger partial charge < -0.3 is 9.26 Å². The molecule has 1 amide bonds. The Morgan fingerprint density at radius 2 is 2.07 bits per heavy atom. The van der Waals surface area contributed by atoms with Crippen molar-refractivity contribution in [2.24, 2.45) is 5.92 Å². The molecule has 0 bridgehead atoms. The lowest BCUT2D eigenvalue weighted by Crippen LogP contribution is -2.36. The SMILES string of the molecule is CCON(Cc1ccc(-c2noc(C(F)(F)F)n2)cc1)C(=O)C1CCOC1. The summed E-state index contributed by atoms with van der Waals surface area (Å²) < 4.78 is 47.1. The zero-order valence-electron chi connectivity index (χ0n) is 14.5. The Bertz CT molecular complexity index is 770. The van der Waals surface area contributed by atoms with Crippen molar-refractivity contribution in [3.8, 4) is 11.4 Å². The Morgan fingerprint density at radius 3 is 2.63 bits per heavy atom. The van der Waals surface area contributed by atoms with Crippen LogP contribution >= 0.6 is 0 Å². The normalized spacial score (nSPS) is 17.3. The van der Waals surface area contributed by atoms with E-state index in [0.717, 1.165) is 5.56 Å². The second-order valence-electron chi connectivity index (χ2n) is 5.97. The van der Waals surface area contributed by atoms with Crippen LogP contribution in [0.5, 0.6) is 0 Å². The van der Waals surface area contributed by atoms with Crippen LogP contribution in [0.1, 0.15) is 24.8 Å². The molecule has 7 nitrogen and oxygen atoms in total. The maximum absolute atomic E-state index is 12.5. The van der Waals surface area contributed by atoms with E-state index < -0.39 is 12.1 Å². The van der Waals surface area contributed by atoms with Gasteiger partial charge in [-0.25, -0.2) is 5.06 Å². The molecule has 146 valence electrons. The van der Waals surface area contributed by atoms with E-state index in [0.29, 0.717) is 31.8 Å². The van der Waals surface area contributed by atoms with Crippen LogP contribution in [0.2, 0.25) is 0 Å². The minimum Gasteiger partial charge on any atom is -0.381 e. The van der Waals surface area contributed by atoms with Gasteiger partial charge in [-0.15, -0.1) is 0 Å². The molecule has 1 atom stereocenters. The van der Waals surface area contributed by atoms with E-state index in [2.05, 4.69) is 14.7 Å². The summed E-state index contributed by atoms with van der Waals surface area (Å²) in [6.45, 7) is 3.25. The highest BCUT2D eigenvalue weighted by Crippen LogP contribution is 2.29. The van der Waals surface area contributed by atoms with E-state index in [9.17, 15) is 18.0 Å². The first-order valence-electron chi connectivity index (χ1n) is 8.40. The molecule has 1 aliphatic rings. The lowest BCUT2D eigenvalue weighted by molar-refractivity contribution is -0.193. The molecule has 0 radical (unpaired) electrons. The molecule has 1 aromatic heterocycles. The van der Waals surface area contributed by atoms with Crippen LogP contribution in [0.4, 0.5) is 13.2 Å². The van der Waals surface area contributed by atoms with E-state index in [-0.39, 0.29) is 24.2 Å². The quantitative estimate of drug-likeness (QED) is 0.712. The average molecular weight is 385 g/mol. The fourth-order valence-electron chi connectivity index (χ4n) is 2.66. The molecule has 0 aliphatic carbocycles. The Labute approximate surface area is 153 Å². The number of benzene rings is 1. The lowest BCUT2D eigenvalue weighted by Gasteiger charge is -2.23. The monoisotopic (exact) mass is 385 g/mol. The number of carbonyl (C=O) groups is 1. The third-order valence-electron chi connectivity index (χ3n) is 4.02. The molecular formula is C17H18F3N3O4. The highest BCUT2D eigenvalue weighted by molar-refractivity contribution is 5.78. The van der Waals surface area contributed by atoms with Gasteiger partial charge in [0.1, 0.15) is 0 Å². The van der Waals surface area contributed by atoms with E-state index in [1.54, 1.807) is 31.2 Å². The van der Waals surface area contributed by atoms with Crippen molar-refractivity contribution in [2.75, 3.05) is 19.8 Å². The van der Waals surface area contributed by atoms with Crippen molar-refractivity contribution >= 4 is 5.91 Å². The molecule has 1 aromatic carbocycles. The van der Waals surface area contributed by atoms with Crippen molar-refractivity contribution in [1.29, 1.82) is 0 Å². The van der Waals surface area contributed by atoms with Crippen LogP contribution in [0, 0.1) is 5.92 Å². The summed E-state index contributed by atoms with van der Waals surface area (Å²) in [4.78, 5) is 21.3. The van der Waals surface area contributed by atoms with E-state index in [4.69, 9.17) is 9.57 Å². The fourth-order valence-corrected chi connectivity index (χ4v) is 2.66. The summed E-state index contributed by atoms with van der Waals surface area (Å²) in [5.41, 5.74) is 1.12. The van der Waals surface area contributed by atoms with Gasteiger partial charge in [0.05, 0.1) is 25.7 Å². The number of hydrogen-bond donors (Lipinski definition) is 0. The predicted octanol–water partition coefficient (Wildman–Crippen LogP) is 3.07. The third-order valence-corrected chi connectivity index (χ3v) is 4.02. The Morgan fingerprint density at radius 1 is 1.33 bits per heavy atom. The van der Waals surface area contributed by atoms with Gasteiger partial charge >= 0.3 is 12.1 Å². The molecule has 0 spiro atoms. The van der Waals surface area contributed by atoms with Crippen molar-refractivity contribution in [3.63, 3.8) is 0 Å². The van der Waals surface area contributed by atoms with Gasteiger partial charge in [-0.05, 0) is 18.9 Å². The highest BCUT2D eigenvalue weighted by Gasteiger charge is 2.38. The number of aromatic nitrogens is 2. The second kappa shape index (κ2) is 8.05. The first-order valence-corrected chi connectivity index (χ1v) is 8.40. The zero-order valence-corrected chi connectivity index (χ0v) is 14.5. The number of amides is 1. The van der Waals surface area contributed by atoms with E-state index >= 15 is 0 Å². The van der Waals surface area contributed by atoms with E-state index in [1.807, 2.05) is 0 Å². The molecule has 10 heteroatoms. The van der Waals surface area contributed by atoms with Crippen LogP contribution in [-0.4, -0.2) is 40.9 Å². The Hall–Kier alpha value is -2.46. The van der Waals surface area contributed by atoms with Crippen LogP contribution < -0.4 is 0 Å². The summed E-state index contributed by atoms with van der Waals surface area (Å²) >= 11 is 0. The molecule has 1 saturated heterocycles. The molecule has 2 heterocycles. The number of alkyl halides is 3. The smallest absolute Gasteiger partial charge is 0.381 e. The molecule has 27 heavy (non-hydrogen) atoms. The third kappa shape index (κ3) is 4.64. The van der Waals surface area contributed by atoms with Crippen molar-refractivity contribution < 1.29 is 32.1 Å². The molecule has 3 rings (SSSR count). The van der Waals surface area contributed by atoms with E-state index in [1.165, 1.54) is 5.06 Å². The summed E-state index contributed by atoms with van der Waals surface area (Å²) in [6, 6.07) is 6.47. The number of nitrogens with zero attached hydrogens (tertiary/aromatic N) is 3. The minimum atomic E-state index is -4.69. The maximum atomic E-state index is 12.5. The first kappa shape index (κ1) is 19.3. The lowest BCUT2D eigenvalue weighted by atomic mass is 10.1.